The monoisotopic (exact) mass is 280 g/mol. The first-order chi connectivity index (χ1) is 10.3. The van der Waals surface area contributed by atoms with Crippen LogP contribution in [0.25, 0.3) is 10.9 Å². The molecule has 21 heavy (non-hydrogen) atoms. The van der Waals surface area contributed by atoms with Gasteiger partial charge in [-0.15, -0.1) is 0 Å². The smallest absolute Gasteiger partial charge is 0.325 e. The van der Waals surface area contributed by atoms with E-state index in [1.807, 2.05) is 60.8 Å². The molecule has 1 atom stereocenters. The van der Waals surface area contributed by atoms with Gasteiger partial charge in [-0.3, -0.25) is 10.1 Å². The first kappa shape index (κ1) is 13.4. The number of aromatic amines is 1. The van der Waals surface area contributed by atoms with Crippen LogP contribution >= 0.6 is 0 Å². The zero-order chi connectivity index (χ0) is 14.7. The van der Waals surface area contributed by atoms with Crippen molar-refractivity contribution in [3.8, 4) is 0 Å². The zero-order valence-electron chi connectivity index (χ0n) is 11.4. The maximum atomic E-state index is 11.5. The van der Waals surface area contributed by atoms with Gasteiger partial charge in [0.2, 0.25) is 0 Å². The Labute approximate surface area is 122 Å². The summed E-state index contributed by atoms with van der Waals surface area (Å²) in [6.07, 6.45) is 1.89. The largest absolute Gasteiger partial charge is 0.480 e. The van der Waals surface area contributed by atoms with E-state index in [4.69, 9.17) is 0 Å². The van der Waals surface area contributed by atoms with Crippen molar-refractivity contribution in [1.29, 1.82) is 0 Å². The fraction of sp³-hybridized carbons (Fsp3) is 0.118. The van der Waals surface area contributed by atoms with Gasteiger partial charge in [0.05, 0.1) is 0 Å². The molecule has 0 aliphatic rings. The Bertz CT molecular complexity index is 750. The number of rotatable bonds is 5. The van der Waals surface area contributed by atoms with E-state index in [0.29, 0.717) is 6.54 Å². The van der Waals surface area contributed by atoms with Crippen LogP contribution in [0.15, 0.2) is 60.8 Å². The van der Waals surface area contributed by atoms with E-state index in [9.17, 15) is 9.90 Å². The molecule has 1 unspecified atom stereocenters. The molecule has 0 spiro atoms. The number of carbonyl (C=O) groups is 1. The highest BCUT2D eigenvalue weighted by molar-refractivity contribution is 5.82. The fourth-order valence-corrected chi connectivity index (χ4v) is 2.50. The lowest BCUT2D eigenvalue weighted by molar-refractivity contribution is -0.139. The van der Waals surface area contributed by atoms with E-state index in [0.717, 1.165) is 22.0 Å². The van der Waals surface area contributed by atoms with Gasteiger partial charge in [-0.25, -0.2) is 0 Å². The van der Waals surface area contributed by atoms with Crippen LogP contribution in [0.2, 0.25) is 0 Å². The maximum absolute atomic E-state index is 11.5. The Balaban J connectivity index is 1.82. The number of benzene rings is 2. The van der Waals surface area contributed by atoms with Crippen molar-refractivity contribution in [2.45, 2.75) is 12.6 Å². The summed E-state index contributed by atoms with van der Waals surface area (Å²) in [5.74, 6) is -0.875. The van der Waals surface area contributed by atoms with Crippen molar-refractivity contribution >= 4 is 16.9 Å². The van der Waals surface area contributed by atoms with Crippen LogP contribution in [0.3, 0.4) is 0 Å². The molecule has 0 saturated heterocycles. The third-order valence-electron chi connectivity index (χ3n) is 3.55. The normalized spacial score (nSPS) is 12.4. The third-order valence-corrected chi connectivity index (χ3v) is 3.55. The summed E-state index contributed by atoms with van der Waals surface area (Å²) in [5, 5.41) is 13.6. The molecule has 0 aliphatic carbocycles. The molecule has 0 radical (unpaired) electrons. The number of hydrogen-bond donors (Lipinski definition) is 3. The maximum Gasteiger partial charge on any atom is 0.325 e. The van der Waals surface area contributed by atoms with Gasteiger partial charge in [0.1, 0.15) is 6.04 Å². The number of fused-ring (bicyclic) bond motifs is 1. The Morgan fingerprint density at radius 3 is 2.67 bits per heavy atom. The molecule has 1 aromatic heterocycles. The summed E-state index contributed by atoms with van der Waals surface area (Å²) in [6.45, 7) is 0.490. The second kappa shape index (κ2) is 5.81. The Morgan fingerprint density at radius 2 is 1.90 bits per heavy atom. The number of hydrogen-bond acceptors (Lipinski definition) is 2. The van der Waals surface area contributed by atoms with Crippen molar-refractivity contribution in [2.75, 3.05) is 0 Å². The molecule has 0 amide bonds. The summed E-state index contributed by atoms with van der Waals surface area (Å²) in [6, 6.07) is 16.5. The highest BCUT2D eigenvalue weighted by atomic mass is 16.4. The van der Waals surface area contributed by atoms with Crippen molar-refractivity contribution in [2.24, 2.45) is 0 Å². The Hall–Kier alpha value is -2.59. The summed E-state index contributed by atoms with van der Waals surface area (Å²) < 4.78 is 0. The predicted molar refractivity (Wildman–Crippen MR) is 82.0 cm³/mol. The Morgan fingerprint density at radius 1 is 1.10 bits per heavy atom. The SMILES string of the molecule is O=C(O)C(NCc1cccc2cc[nH]c12)c1ccccc1. The lowest BCUT2D eigenvalue weighted by atomic mass is 10.1. The van der Waals surface area contributed by atoms with Gasteiger partial charge in [0.15, 0.2) is 0 Å². The number of H-pyrrole nitrogens is 1. The highest BCUT2D eigenvalue weighted by Gasteiger charge is 2.18. The van der Waals surface area contributed by atoms with Gasteiger partial charge >= 0.3 is 5.97 Å². The third kappa shape index (κ3) is 2.80. The number of carboxylic acids is 1. The number of para-hydroxylation sites is 1. The topological polar surface area (TPSA) is 65.1 Å². The molecule has 0 bridgehead atoms. The molecule has 4 nitrogen and oxygen atoms in total. The van der Waals surface area contributed by atoms with Crippen LogP contribution in [-0.2, 0) is 11.3 Å². The van der Waals surface area contributed by atoms with Crippen molar-refractivity contribution in [3.63, 3.8) is 0 Å². The fourth-order valence-electron chi connectivity index (χ4n) is 2.50. The molecular weight excluding hydrogens is 264 g/mol. The minimum absolute atomic E-state index is 0.490. The molecule has 3 aromatic rings. The average molecular weight is 280 g/mol. The number of aromatic nitrogens is 1. The molecule has 106 valence electrons. The van der Waals surface area contributed by atoms with E-state index in [1.165, 1.54) is 0 Å². The van der Waals surface area contributed by atoms with Gasteiger partial charge < -0.3 is 10.1 Å². The van der Waals surface area contributed by atoms with Gasteiger partial charge in [-0.2, -0.15) is 0 Å². The van der Waals surface area contributed by atoms with Crippen LogP contribution in [0.4, 0.5) is 0 Å². The second-order valence-electron chi connectivity index (χ2n) is 4.92. The molecule has 0 fully saturated rings. The quantitative estimate of drug-likeness (QED) is 0.673. The van der Waals surface area contributed by atoms with E-state index in [2.05, 4.69) is 10.3 Å². The molecule has 3 N–H and O–H groups in total. The predicted octanol–water partition coefficient (Wildman–Crippen LogP) is 3.08. The average Bonchev–Trinajstić information content (AvgIpc) is 2.97. The van der Waals surface area contributed by atoms with Gasteiger partial charge in [-0.1, -0.05) is 48.5 Å². The Kier molecular flexibility index (Phi) is 3.71. The molecular formula is C17H16N2O2. The van der Waals surface area contributed by atoms with Crippen LogP contribution in [0, 0.1) is 0 Å². The first-order valence-corrected chi connectivity index (χ1v) is 6.82. The number of carboxylic acid groups (broad SMARTS) is 1. The lowest BCUT2D eigenvalue weighted by Crippen LogP contribution is -2.28. The first-order valence-electron chi connectivity index (χ1n) is 6.82. The van der Waals surface area contributed by atoms with Crippen LogP contribution < -0.4 is 5.32 Å². The number of aliphatic carboxylic acids is 1. The molecule has 0 aliphatic heterocycles. The van der Waals surface area contributed by atoms with Crippen molar-refractivity contribution in [1.82, 2.24) is 10.3 Å². The molecule has 0 saturated carbocycles. The van der Waals surface area contributed by atoms with Crippen molar-refractivity contribution in [3.05, 3.63) is 71.9 Å². The molecule has 3 rings (SSSR count). The summed E-state index contributed by atoms with van der Waals surface area (Å²) >= 11 is 0. The van der Waals surface area contributed by atoms with Gasteiger partial charge in [0.25, 0.3) is 0 Å². The van der Waals surface area contributed by atoms with Crippen molar-refractivity contribution < 1.29 is 9.90 Å². The van der Waals surface area contributed by atoms with Crippen LogP contribution in [0.5, 0.6) is 0 Å². The van der Waals surface area contributed by atoms with Crippen LogP contribution in [0.1, 0.15) is 17.2 Å². The van der Waals surface area contributed by atoms with Gasteiger partial charge in [0, 0.05) is 18.3 Å². The zero-order valence-corrected chi connectivity index (χ0v) is 11.4. The van der Waals surface area contributed by atoms with E-state index in [-0.39, 0.29) is 0 Å². The minimum atomic E-state index is -0.875. The summed E-state index contributed by atoms with van der Waals surface area (Å²) in [7, 11) is 0. The molecule has 2 aromatic carbocycles. The highest BCUT2D eigenvalue weighted by Crippen LogP contribution is 2.19. The van der Waals surface area contributed by atoms with E-state index >= 15 is 0 Å². The van der Waals surface area contributed by atoms with E-state index in [1.54, 1.807) is 0 Å². The molecule has 4 heteroatoms. The second-order valence-corrected chi connectivity index (χ2v) is 4.92. The standard InChI is InChI=1S/C17H16N2O2/c20-17(21)16(12-5-2-1-3-6-12)19-11-14-8-4-7-13-9-10-18-15(13)14/h1-10,16,18-19H,11H2,(H,20,21). The summed E-state index contributed by atoms with van der Waals surface area (Å²) in [4.78, 5) is 14.7. The van der Waals surface area contributed by atoms with E-state index < -0.39 is 12.0 Å². The van der Waals surface area contributed by atoms with Crippen LogP contribution in [-0.4, -0.2) is 16.1 Å². The minimum Gasteiger partial charge on any atom is -0.480 e. The number of nitrogens with one attached hydrogen (secondary N) is 2. The molecule has 1 heterocycles. The summed E-state index contributed by atoms with van der Waals surface area (Å²) in [5.41, 5.74) is 2.85. The van der Waals surface area contributed by atoms with Gasteiger partial charge in [-0.05, 0) is 22.6 Å². The lowest BCUT2D eigenvalue weighted by Gasteiger charge is -2.15.